The molecule has 1 fully saturated rings. The topological polar surface area (TPSA) is 74.0 Å². The normalized spacial score (nSPS) is 19.3. The summed E-state index contributed by atoms with van der Waals surface area (Å²) in [6.45, 7) is 5.62. The van der Waals surface area contributed by atoms with Crippen molar-refractivity contribution in [2.24, 2.45) is 13.0 Å². The number of benzene rings is 1. The summed E-state index contributed by atoms with van der Waals surface area (Å²) >= 11 is 7.47. The fourth-order valence-electron chi connectivity index (χ4n) is 4.01. The van der Waals surface area contributed by atoms with Gasteiger partial charge in [0, 0.05) is 36.9 Å². The minimum Gasteiger partial charge on any atom is -0.382 e. The van der Waals surface area contributed by atoms with E-state index in [1.54, 1.807) is 11.6 Å². The van der Waals surface area contributed by atoms with Crippen molar-refractivity contribution < 1.29 is 0 Å². The zero-order valence-corrected chi connectivity index (χ0v) is 18.1. The number of fused-ring (bicyclic) bond motifs is 1. The fraction of sp³-hybridized carbons (Fsp3) is 0.381. The predicted octanol–water partition coefficient (Wildman–Crippen LogP) is 4.16. The highest BCUT2D eigenvalue weighted by Crippen LogP contribution is 2.34. The molecule has 29 heavy (non-hydrogen) atoms. The lowest BCUT2D eigenvalue weighted by atomic mass is 9.92. The first-order valence-corrected chi connectivity index (χ1v) is 10.8. The van der Waals surface area contributed by atoms with Gasteiger partial charge in [0.25, 0.3) is 5.56 Å². The number of thiazole rings is 1. The predicted molar refractivity (Wildman–Crippen MR) is 119 cm³/mol. The lowest BCUT2D eigenvalue weighted by Gasteiger charge is -2.39. The molecule has 0 spiro atoms. The number of hydrogen-bond acceptors (Lipinski definition) is 6. The van der Waals surface area contributed by atoms with Gasteiger partial charge in [0.05, 0.1) is 10.7 Å². The molecule has 0 bridgehead atoms. The number of hydrogen-bond donors (Lipinski definition) is 1. The van der Waals surface area contributed by atoms with Crippen molar-refractivity contribution in [3.63, 3.8) is 0 Å². The smallest absolute Gasteiger partial charge is 0.271 e. The summed E-state index contributed by atoms with van der Waals surface area (Å²) < 4.78 is 1.54. The highest BCUT2D eigenvalue weighted by molar-refractivity contribution is 7.18. The van der Waals surface area contributed by atoms with Crippen LogP contribution in [0, 0.1) is 24.2 Å². The van der Waals surface area contributed by atoms with Crippen LogP contribution in [-0.4, -0.2) is 28.7 Å². The van der Waals surface area contributed by atoms with Crippen molar-refractivity contribution in [2.45, 2.75) is 26.3 Å². The zero-order valence-electron chi connectivity index (χ0n) is 16.6. The zero-order chi connectivity index (χ0) is 20.7. The van der Waals surface area contributed by atoms with E-state index in [4.69, 9.17) is 11.6 Å². The molecule has 1 saturated heterocycles. The molecule has 0 amide bonds. The maximum Gasteiger partial charge on any atom is 0.271 e. The maximum atomic E-state index is 12.8. The molecular formula is C21H22ClN5OS. The summed E-state index contributed by atoms with van der Waals surface area (Å²) in [7, 11) is 1.71. The Morgan fingerprint density at radius 2 is 2.07 bits per heavy atom. The number of pyridine rings is 1. The van der Waals surface area contributed by atoms with E-state index in [-0.39, 0.29) is 11.1 Å². The van der Waals surface area contributed by atoms with Crippen LogP contribution in [-0.2, 0) is 7.05 Å². The molecule has 4 rings (SSSR count). The molecule has 3 aromatic rings. The molecule has 1 aliphatic rings. The van der Waals surface area contributed by atoms with Gasteiger partial charge in [0.15, 0.2) is 0 Å². The number of piperidine rings is 1. The van der Waals surface area contributed by atoms with Crippen LogP contribution in [0.15, 0.2) is 29.1 Å². The number of aromatic nitrogens is 2. The van der Waals surface area contributed by atoms with Crippen molar-refractivity contribution in [2.75, 3.05) is 23.3 Å². The first-order valence-electron chi connectivity index (χ1n) is 9.56. The van der Waals surface area contributed by atoms with Crippen LogP contribution in [0.5, 0.6) is 0 Å². The molecule has 0 radical (unpaired) electrons. The summed E-state index contributed by atoms with van der Waals surface area (Å²) in [6.07, 6.45) is 0.897. The van der Waals surface area contributed by atoms with Gasteiger partial charge in [-0.2, -0.15) is 5.26 Å². The van der Waals surface area contributed by atoms with E-state index in [0.29, 0.717) is 17.6 Å². The van der Waals surface area contributed by atoms with Crippen LogP contribution in [0.1, 0.15) is 23.9 Å². The van der Waals surface area contributed by atoms with Gasteiger partial charge in [-0.1, -0.05) is 18.5 Å². The van der Waals surface area contributed by atoms with Gasteiger partial charge < -0.3 is 14.8 Å². The summed E-state index contributed by atoms with van der Waals surface area (Å²) in [5, 5.41) is 14.9. The fourth-order valence-corrected chi connectivity index (χ4v) is 5.01. The number of nitrogens with one attached hydrogen (secondary N) is 1. The molecular weight excluding hydrogens is 406 g/mol. The minimum absolute atomic E-state index is 0.182. The average Bonchev–Trinajstić information content (AvgIpc) is 3.09. The van der Waals surface area contributed by atoms with E-state index in [1.807, 2.05) is 31.2 Å². The van der Waals surface area contributed by atoms with Crippen molar-refractivity contribution >= 4 is 44.7 Å². The van der Waals surface area contributed by atoms with Crippen LogP contribution < -0.4 is 15.8 Å². The Bertz CT molecular complexity index is 1160. The van der Waals surface area contributed by atoms with E-state index >= 15 is 0 Å². The van der Waals surface area contributed by atoms with E-state index in [2.05, 4.69) is 28.2 Å². The third-order valence-corrected chi connectivity index (χ3v) is 6.83. The molecule has 2 aromatic heterocycles. The minimum atomic E-state index is -0.257. The molecule has 3 heterocycles. The largest absolute Gasteiger partial charge is 0.382 e. The second-order valence-corrected chi connectivity index (χ2v) is 9.17. The van der Waals surface area contributed by atoms with Gasteiger partial charge in [-0.3, -0.25) is 4.79 Å². The van der Waals surface area contributed by atoms with Crippen LogP contribution in [0.2, 0.25) is 5.02 Å². The van der Waals surface area contributed by atoms with Crippen molar-refractivity contribution in [3.8, 4) is 6.07 Å². The molecule has 6 nitrogen and oxygen atoms in total. The van der Waals surface area contributed by atoms with Gasteiger partial charge in [-0.05, 0) is 43.5 Å². The molecule has 1 unspecified atom stereocenters. The number of rotatable bonds is 3. The lowest BCUT2D eigenvalue weighted by molar-refractivity contribution is 0.404. The monoisotopic (exact) mass is 427 g/mol. The molecule has 1 aromatic carbocycles. The standard InChI is InChI=1S/C21H22ClN5OS/c1-12-11-27(9-8-17(12)25-15-6-4-14(22)5-7-15)19-16(10-23)20(28)26(3)21-18(19)24-13(2)29-21/h4-7,12,17,25H,8-9,11H2,1-3H3/t12-,17?/m1/s1. The molecule has 1 N–H and O–H groups in total. The second kappa shape index (κ2) is 7.69. The molecule has 2 atom stereocenters. The Kier molecular flexibility index (Phi) is 5.24. The third-order valence-electron chi connectivity index (χ3n) is 5.53. The Balaban J connectivity index is 1.65. The van der Waals surface area contributed by atoms with Crippen LogP contribution in [0.25, 0.3) is 10.3 Å². The SMILES string of the molecule is Cc1nc2c(N3CCC(Nc4ccc(Cl)cc4)[C@H](C)C3)c(C#N)c(=O)n(C)c2s1. The number of halogens is 1. The Morgan fingerprint density at radius 3 is 2.72 bits per heavy atom. The van der Waals surface area contributed by atoms with E-state index in [0.717, 1.165) is 45.6 Å². The molecule has 0 aliphatic carbocycles. The van der Waals surface area contributed by atoms with E-state index < -0.39 is 0 Å². The van der Waals surface area contributed by atoms with Gasteiger partial charge in [0.1, 0.15) is 22.0 Å². The van der Waals surface area contributed by atoms with Crippen LogP contribution >= 0.6 is 22.9 Å². The van der Waals surface area contributed by atoms with Crippen molar-refractivity contribution in [1.82, 2.24) is 9.55 Å². The van der Waals surface area contributed by atoms with Crippen LogP contribution in [0.4, 0.5) is 11.4 Å². The first-order chi connectivity index (χ1) is 13.9. The summed E-state index contributed by atoms with van der Waals surface area (Å²) in [4.78, 5) is 20.4. The quantitative estimate of drug-likeness (QED) is 0.679. The molecule has 8 heteroatoms. The number of nitrogens with zero attached hydrogens (tertiary/aromatic N) is 4. The summed E-state index contributed by atoms with van der Waals surface area (Å²) in [6, 6.07) is 10.2. The highest BCUT2D eigenvalue weighted by atomic mass is 35.5. The first kappa shape index (κ1) is 19.7. The molecule has 0 saturated carbocycles. The van der Waals surface area contributed by atoms with Crippen LogP contribution in [0.3, 0.4) is 0 Å². The molecule has 1 aliphatic heterocycles. The van der Waals surface area contributed by atoms with E-state index in [1.165, 1.54) is 11.3 Å². The molecule has 150 valence electrons. The Morgan fingerprint density at radius 1 is 1.34 bits per heavy atom. The lowest BCUT2D eigenvalue weighted by Crippen LogP contribution is -2.46. The van der Waals surface area contributed by atoms with Crippen molar-refractivity contribution in [1.29, 1.82) is 5.26 Å². The maximum absolute atomic E-state index is 12.8. The third kappa shape index (κ3) is 3.59. The van der Waals surface area contributed by atoms with Gasteiger partial charge in [-0.25, -0.2) is 4.98 Å². The van der Waals surface area contributed by atoms with Gasteiger partial charge in [-0.15, -0.1) is 11.3 Å². The van der Waals surface area contributed by atoms with Gasteiger partial charge in [0.2, 0.25) is 0 Å². The van der Waals surface area contributed by atoms with Crippen molar-refractivity contribution in [3.05, 3.63) is 50.2 Å². The number of nitriles is 1. The summed E-state index contributed by atoms with van der Waals surface area (Å²) in [5.74, 6) is 0.324. The number of anilines is 2. The highest BCUT2D eigenvalue weighted by Gasteiger charge is 2.30. The Labute approximate surface area is 178 Å². The van der Waals surface area contributed by atoms with E-state index in [9.17, 15) is 10.1 Å². The van der Waals surface area contributed by atoms with Gasteiger partial charge >= 0.3 is 0 Å². The second-order valence-electron chi connectivity index (χ2n) is 7.56. The Hall–Kier alpha value is -2.56. The number of aryl methyl sites for hydroxylation is 2. The average molecular weight is 428 g/mol. The summed E-state index contributed by atoms with van der Waals surface area (Å²) in [5.41, 5.74) is 2.41.